The maximum atomic E-state index is 12.0. The summed E-state index contributed by atoms with van der Waals surface area (Å²) in [5.74, 6) is 0. The highest BCUT2D eigenvalue weighted by molar-refractivity contribution is 7.85. The van der Waals surface area contributed by atoms with E-state index >= 15 is 0 Å². The predicted octanol–water partition coefficient (Wildman–Crippen LogP) is -1.78. The number of halogens is 1. The number of hydrogen-bond acceptors (Lipinski definition) is 2. The molecule has 0 unspecified atom stereocenters. The van der Waals surface area contributed by atoms with E-state index in [0.29, 0.717) is 4.90 Å². The molecule has 0 N–H and O–H groups in total. The summed E-state index contributed by atoms with van der Waals surface area (Å²) in [5.41, 5.74) is 0. The van der Waals surface area contributed by atoms with Gasteiger partial charge in [0.15, 0.2) is 12.4 Å². The van der Waals surface area contributed by atoms with Gasteiger partial charge in [0, 0.05) is 12.1 Å². The zero-order valence-corrected chi connectivity index (χ0v) is 9.90. The minimum Gasteiger partial charge on any atom is -1.00 e. The Morgan fingerprint density at radius 3 is 1.88 bits per heavy atom. The minimum atomic E-state index is -3.42. The summed E-state index contributed by atoms with van der Waals surface area (Å²) >= 11 is 0. The molecule has 0 fully saturated rings. The summed E-state index contributed by atoms with van der Waals surface area (Å²) < 4.78 is 25.2. The van der Waals surface area contributed by atoms with Gasteiger partial charge in [0.05, 0.1) is 0 Å². The van der Waals surface area contributed by atoms with Crippen LogP contribution in [0.1, 0.15) is 0 Å². The first-order chi connectivity index (χ1) is 7.21. The van der Waals surface area contributed by atoms with Crippen molar-refractivity contribution in [3.63, 3.8) is 0 Å². The van der Waals surface area contributed by atoms with Crippen LogP contribution in [-0.4, -0.2) is 8.42 Å². The highest BCUT2D eigenvalue weighted by atomic mass is 35.5. The smallest absolute Gasteiger partial charge is 0.399 e. The summed E-state index contributed by atoms with van der Waals surface area (Å²) in [6, 6.07) is 13.5. The van der Waals surface area contributed by atoms with Gasteiger partial charge in [0.2, 0.25) is 0 Å². The fourth-order valence-corrected chi connectivity index (χ4v) is 2.46. The zero-order chi connectivity index (χ0) is 10.7. The average Bonchev–Trinajstić information content (AvgIpc) is 2.31. The molecule has 16 heavy (non-hydrogen) atoms. The molecule has 0 saturated heterocycles. The monoisotopic (exact) mass is 255 g/mol. The van der Waals surface area contributed by atoms with Gasteiger partial charge in [-0.2, -0.15) is 8.42 Å². The van der Waals surface area contributed by atoms with Crippen molar-refractivity contribution in [3.8, 4) is 0 Å². The predicted molar refractivity (Wildman–Crippen MR) is 55.7 cm³/mol. The van der Waals surface area contributed by atoms with Crippen LogP contribution in [0.15, 0.2) is 65.8 Å². The average molecular weight is 256 g/mol. The van der Waals surface area contributed by atoms with Gasteiger partial charge in [0.25, 0.3) is 0 Å². The molecule has 0 atom stereocenters. The van der Waals surface area contributed by atoms with E-state index in [2.05, 4.69) is 0 Å². The number of hydrogen-bond donors (Lipinski definition) is 0. The lowest BCUT2D eigenvalue weighted by molar-refractivity contribution is -0.511. The van der Waals surface area contributed by atoms with Gasteiger partial charge in [-0.3, -0.25) is 0 Å². The highest BCUT2D eigenvalue weighted by Crippen LogP contribution is 2.06. The van der Waals surface area contributed by atoms with E-state index in [1.807, 2.05) is 0 Å². The maximum absolute atomic E-state index is 12.0. The molecule has 0 aliphatic carbocycles. The molecule has 0 spiro atoms. The lowest BCUT2D eigenvalue weighted by Crippen LogP contribution is -3.00. The normalized spacial score (nSPS) is 10.5. The summed E-state index contributed by atoms with van der Waals surface area (Å²) in [5, 5.41) is 0. The second kappa shape index (κ2) is 5.09. The SMILES string of the molecule is O=S(=O)(c1ccccc1)[n+]1ccccc1.[Cl-]. The third-order valence-electron chi connectivity index (χ3n) is 2.01. The Bertz CT molecular complexity index is 495. The van der Waals surface area contributed by atoms with Crippen molar-refractivity contribution in [1.82, 2.24) is 0 Å². The van der Waals surface area contributed by atoms with E-state index in [-0.39, 0.29) is 12.4 Å². The van der Waals surface area contributed by atoms with Crippen molar-refractivity contribution in [2.45, 2.75) is 4.90 Å². The van der Waals surface area contributed by atoms with E-state index in [9.17, 15) is 8.42 Å². The van der Waals surface area contributed by atoms with Gasteiger partial charge in [-0.15, -0.1) is 0 Å². The van der Waals surface area contributed by atoms with E-state index in [0.717, 1.165) is 0 Å². The first kappa shape index (κ1) is 12.7. The van der Waals surface area contributed by atoms with Crippen molar-refractivity contribution < 1.29 is 24.8 Å². The first-order valence-electron chi connectivity index (χ1n) is 4.48. The van der Waals surface area contributed by atoms with Crippen molar-refractivity contribution in [2.24, 2.45) is 0 Å². The molecule has 84 valence electrons. The Labute approximate surface area is 101 Å². The lowest BCUT2D eigenvalue weighted by atomic mass is 10.4. The largest absolute Gasteiger partial charge is 1.00 e. The van der Waals surface area contributed by atoms with Gasteiger partial charge in [-0.25, -0.2) is 0 Å². The van der Waals surface area contributed by atoms with E-state index in [1.165, 1.54) is 16.4 Å². The Kier molecular flexibility index (Phi) is 4.04. The van der Waals surface area contributed by atoms with E-state index < -0.39 is 10.0 Å². The van der Waals surface area contributed by atoms with Crippen LogP contribution < -0.4 is 16.4 Å². The summed E-state index contributed by atoms with van der Waals surface area (Å²) in [7, 11) is -3.42. The fourth-order valence-electron chi connectivity index (χ4n) is 1.26. The Balaban J connectivity index is 0.00000128. The number of aromatic nitrogens is 1. The standard InChI is InChI=1S/C11H10NO2S.ClH/c13-15(14,11-7-3-1-4-8-11)12-9-5-2-6-10-12;/h1-10H;1H/q+1;/p-1. The Morgan fingerprint density at radius 2 is 1.31 bits per heavy atom. The van der Waals surface area contributed by atoms with Gasteiger partial charge in [-0.1, -0.05) is 28.2 Å². The van der Waals surface area contributed by atoms with Gasteiger partial charge in [0.1, 0.15) is 4.90 Å². The number of pyridine rings is 1. The van der Waals surface area contributed by atoms with Gasteiger partial charge >= 0.3 is 10.0 Å². The fraction of sp³-hybridized carbons (Fsp3) is 0. The number of nitrogens with zero attached hydrogens (tertiary/aromatic N) is 1. The summed E-state index contributed by atoms with van der Waals surface area (Å²) in [6.07, 6.45) is 3.03. The number of rotatable bonds is 2. The second-order valence-electron chi connectivity index (χ2n) is 3.02. The lowest BCUT2D eigenvalue weighted by Gasteiger charge is -1.97. The van der Waals surface area contributed by atoms with Crippen LogP contribution in [0.2, 0.25) is 0 Å². The molecule has 0 bridgehead atoms. The van der Waals surface area contributed by atoms with Crippen LogP contribution in [0.3, 0.4) is 0 Å². The topological polar surface area (TPSA) is 38.0 Å². The molecule has 2 aromatic rings. The van der Waals surface area contributed by atoms with Gasteiger partial charge < -0.3 is 12.4 Å². The Hall–Kier alpha value is -1.39. The van der Waals surface area contributed by atoms with Crippen LogP contribution >= 0.6 is 0 Å². The second-order valence-corrected chi connectivity index (χ2v) is 4.87. The van der Waals surface area contributed by atoms with Gasteiger partial charge in [-0.05, 0) is 12.1 Å². The molecule has 1 aromatic heterocycles. The van der Waals surface area contributed by atoms with Crippen LogP contribution in [-0.2, 0) is 10.0 Å². The summed E-state index contributed by atoms with van der Waals surface area (Å²) in [6.45, 7) is 0. The van der Waals surface area contributed by atoms with Crippen molar-refractivity contribution >= 4 is 10.0 Å². The molecule has 1 heterocycles. The van der Waals surface area contributed by atoms with Crippen LogP contribution in [0.25, 0.3) is 0 Å². The quantitative estimate of drug-likeness (QED) is 0.595. The third-order valence-corrected chi connectivity index (χ3v) is 3.67. The third kappa shape index (κ3) is 2.40. The van der Waals surface area contributed by atoms with E-state index in [1.54, 1.807) is 48.5 Å². The molecule has 0 saturated carbocycles. The number of benzene rings is 1. The molecule has 0 aliphatic heterocycles. The van der Waals surface area contributed by atoms with Crippen molar-refractivity contribution in [2.75, 3.05) is 0 Å². The van der Waals surface area contributed by atoms with Crippen LogP contribution in [0, 0.1) is 0 Å². The molecular weight excluding hydrogens is 246 g/mol. The zero-order valence-electron chi connectivity index (χ0n) is 8.32. The summed E-state index contributed by atoms with van der Waals surface area (Å²) in [4.78, 5) is 0.293. The Morgan fingerprint density at radius 1 is 0.812 bits per heavy atom. The van der Waals surface area contributed by atoms with Crippen molar-refractivity contribution in [3.05, 3.63) is 60.9 Å². The van der Waals surface area contributed by atoms with Crippen LogP contribution in [0.5, 0.6) is 0 Å². The molecule has 0 radical (unpaired) electrons. The molecule has 5 heteroatoms. The molecule has 0 amide bonds. The van der Waals surface area contributed by atoms with Crippen molar-refractivity contribution in [1.29, 1.82) is 0 Å². The molecule has 3 nitrogen and oxygen atoms in total. The first-order valence-corrected chi connectivity index (χ1v) is 5.92. The van der Waals surface area contributed by atoms with E-state index in [4.69, 9.17) is 0 Å². The molecular formula is C11H10ClNO2S. The molecule has 2 rings (SSSR count). The molecule has 1 aromatic carbocycles. The minimum absolute atomic E-state index is 0. The highest BCUT2D eigenvalue weighted by Gasteiger charge is 2.23. The molecule has 0 aliphatic rings. The van der Waals surface area contributed by atoms with Crippen LogP contribution in [0.4, 0.5) is 0 Å². The maximum Gasteiger partial charge on any atom is 0.399 e.